The van der Waals surface area contributed by atoms with Crippen molar-refractivity contribution in [2.45, 2.75) is 30.4 Å². The summed E-state index contributed by atoms with van der Waals surface area (Å²) in [7, 11) is 0.0887. The van der Waals surface area contributed by atoms with Gasteiger partial charge in [-0.1, -0.05) is 6.07 Å². The molecule has 0 radical (unpaired) electrons. The van der Waals surface area contributed by atoms with E-state index in [2.05, 4.69) is 4.74 Å². The van der Waals surface area contributed by atoms with Crippen LogP contribution >= 0.6 is 11.3 Å². The molecule has 2 heterocycles. The van der Waals surface area contributed by atoms with E-state index in [9.17, 15) is 13.2 Å². The van der Waals surface area contributed by atoms with Crippen LogP contribution in [0.2, 0.25) is 0 Å². The first-order chi connectivity index (χ1) is 15.4. The second-order valence-corrected chi connectivity index (χ2v) is 10.1. The first-order valence-electron chi connectivity index (χ1n) is 10.0. The minimum absolute atomic E-state index is 0.0431. The Labute approximate surface area is 192 Å². The molecule has 1 saturated heterocycles. The molecule has 1 fully saturated rings. The van der Waals surface area contributed by atoms with Crippen molar-refractivity contribution < 1.29 is 32.2 Å². The molecule has 10 heteroatoms. The Balaban J connectivity index is 2.06. The maximum atomic E-state index is 13.9. The number of thiophene rings is 1. The summed E-state index contributed by atoms with van der Waals surface area (Å²) >= 11 is 1.49. The van der Waals surface area contributed by atoms with E-state index in [4.69, 9.17) is 14.2 Å². The van der Waals surface area contributed by atoms with Gasteiger partial charge in [-0.15, -0.1) is 11.3 Å². The highest BCUT2D eigenvalue weighted by atomic mass is 32.2. The third kappa shape index (κ3) is 5.69. The lowest BCUT2D eigenvalue weighted by atomic mass is 10.2. The summed E-state index contributed by atoms with van der Waals surface area (Å²) in [6.07, 6.45) is 4.23. The number of methoxy groups -OCH3 is 3. The molecule has 32 heavy (non-hydrogen) atoms. The molecule has 8 nitrogen and oxygen atoms in total. The summed E-state index contributed by atoms with van der Waals surface area (Å²) in [5.41, 5.74) is 0.458. The van der Waals surface area contributed by atoms with E-state index >= 15 is 0 Å². The van der Waals surface area contributed by atoms with Crippen LogP contribution in [0, 0.1) is 0 Å². The van der Waals surface area contributed by atoms with E-state index in [1.165, 1.54) is 55.2 Å². The summed E-state index contributed by atoms with van der Waals surface area (Å²) in [6, 6.07) is 6.85. The van der Waals surface area contributed by atoms with E-state index < -0.39 is 16.0 Å². The number of esters is 1. The molecular weight excluding hydrogens is 454 g/mol. The molecule has 0 N–H and O–H groups in total. The summed E-state index contributed by atoms with van der Waals surface area (Å²) in [5, 5.41) is 1.91. The van der Waals surface area contributed by atoms with Gasteiger partial charge in [0, 0.05) is 30.6 Å². The molecule has 0 aliphatic carbocycles. The molecule has 0 spiro atoms. The van der Waals surface area contributed by atoms with Crippen molar-refractivity contribution >= 4 is 33.4 Å². The smallest absolute Gasteiger partial charge is 0.330 e. The topological polar surface area (TPSA) is 91.4 Å². The molecule has 1 unspecified atom stereocenters. The summed E-state index contributed by atoms with van der Waals surface area (Å²) in [4.78, 5) is 12.4. The van der Waals surface area contributed by atoms with Crippen LogP contribution in [0.1, 0.15) is 23.3 Å². The molecule has 1 aliphatic heterocycles. The Morgan fingerprint density at radius 1 is 1.28 bits per heavy atom. The number of rotatable bonds is 10. The Kier molecular flexibility index (Phi) is 8.30. The van der Waals surface area contributed by atoms with Crippen LogP contribution in [-0.2, 0) is 30.8 Å². The van der Waals surface area contributed by atoms with Gasteiger partial charge in [0.25, 0.3) is 0 Å². The standard InChI is InChI=1S/C22H27NO7S2/c1-27-19-12-16(8-9-21(24)28-2)13-20(22(19)29-3)32(25,26)23(14-17-6-4-10-30-17)15-18-7-5-11-31-18/h5,7-9,11-13,17H,4,6,10,14-15H2,1-3H3/b9-8+. The lowest BCUT2D eigenvalue weighted by Crippen LogP contribution is -2.37. The van der Waals surface area contributed by atoms with Gasteiger partial charge in [0.1, 0.15) is 4.90 Å². The minimum Gasteiger partial charge on any atom is -0.493 e. The number of sulfonamides is 1. The van der Waals surface area contributed by atoms with E-state index in [1.807, 2.05) is 17.5 Å². The third-order valence-corrected chi connectivity index (χ3v) is 7.72. The fourth-order valence-corrected chi connectivity index (χ4v) is 5.90. The normalized spacial score (nSPS) is 16.6. The van der Waals surface area contributed by atoms with Crippen LogP contribution in [0.4, 0.5) is 0 Å². The van der Waals surface area contributed by atoms with Crippen molar-refractivity contribution in [1.29, 1.82) is 0 Å². The molecule has 0 saturated carbocycles. The summed E-state index contributed by atoms with van der Waals surface area (Å²) in [6.45, 7) is 1.07. The Morgan fingerprint density at radius 3 is 2.69 bits per heavy atom. The van der Waals surface area contributed by atoms with Crippen LogP contribution < -0.4 is 9.47 Å². The first-order valence-corrected chi connectivity index (χ1v) is 12.4. The second kappa shape index (κ2) is 11.0. The molecule has 1 atom stereocenters. The Bertz CT molecular complexity index is 1040. The molecule has 0 amide bonds. The van der Waals surface area contributed by atoms with Gasteiger partial charge in [0.15, 0.2) is 11.5 Å². The third-order valence-electron chi connectivity index (χ3n) is 5.04. The van der Waals surface area contributed by atoms with Gasteiger partial charge in [-0.25, -0.2) is 13.2 Å². The van der Waals surface area contributed by atoms with Gasteiger partial charge in [-0.3, -0.25) is 0 Å². The number of nitrogens with zero attached hydrogens (tertiary/aromatic N) is 1. The predicted molar refractivity (Wildman–Crippen MR) is 121 cm³/mol. The fraction of sp³-hybridized carbons (Fsp3) is 0.409. The fourth-order valence-electron chi connectivity index (χ4n) is 3.45. The van der Waals surface area contributed by atoms with Gasteiger partial charge in [-0.2, -0.15) is 4.31 Å². The molecule has 0 bridgehead atoms. The number of hydrogen-bond acceptors (Lipinski definition) is 8. The van der Waals surface area contributed by atoms with Crippen molar-refractivity contribution in [1.82, 2.24) is 4.31 Å². The SMILES string of the molecule is COC(=O)/C=C/c1cc(OC)c(OC)c(S(=O)(=O)N(Cc2cccs2)CC2CCCO2)c1. The zero-order valence-corrected chi connectivity index (χ0v) is 19.9. The second-order valence-electron chi connectivity index (χ2n) is 7.12. The minimum atomic E-state index is -4.00. The zero-order chi connectivity index (χ0) is 23.1. The van der Waals surface area contributed by atoms with Crippen LogP contribution in [0.15, 0.2) is 40.6 Å². The molecule has 174 valence electrons. The highest BCUT2D eigenvalue weighted by Crippen LogP contribution is 2.38. The van der Waals surface area contributed by atoms with Crippen LogP contribution in [-0.4, -0.2) is 59.3 Å². The van der Waals surface area contributed by atoms with Crippen molar-refractivity contribution in [3.8, 4) is 11.5 Å². The Hall–Kier alpha value is -2.40. The lowest BCUT2D eigenvalue weighted by Gasteiger charge is -2.26. The van der Waals surface area contributed by atoms with Gasteiger partial charge in [0.2, 0.25) is 10.0 Å². The van der Waals surface area contributed by atoms with Crippen LogP contribution in [0.25, 0.3) is 6.08 Å². The number of hydrogen-bond donors (Lipinski definition) is 0. The molecule has 3 rings (SSSR count). The number of carbonyl (C=O) groups is 1. The first kappa shape index (κ1) is 24.2. The van der Waals surface area contributed by atoms with Gasteiger partial charge in [-0.05, 0) is 48.1 Å². The Morgan fingerprint density at radius 2 is 2.09 bits per heavy atom. The zero-order valence-electron chi connectivity index (χ0n) is 18.3. The average Bonchev–Trinajstić information content (AvgIpc) is 3.50. The largest absolute Gasteiger partial charge is 0.493 e. The highest BCUT2D eigenvalue weighted by molar-refractivity contribution is 7.89. The summed E-state index contributed by atoms with van der Waals surface area (Å²) in [5.74, 6) is -0.209. The van der Waals surface area contributed by atoms with Crippen molar-refractivity contribution in [2.24, 2.45) is 0 Å². The molecular formula is C22H27NO7S2. The maximum Gasteiger partial charge on any atom is 0.330 e. The van der Waals surface area contributed by atoms with E-state index in [1.54, 1.807) is 6.07 Å². The van der Waals surface area contributed by atoms with Crippen LogP contribution in [0.5, 0.6) is 11.5 Å². The van der Waals surface area contributed by atoms with Crippen molar-refractivity contribution in [3.05, 3.63) is 46.2 Å². The molecule has 2 aromatic rings. The quantitative estimate of drug-likeness (QED) is 0.380. The van der Waals surface area contributed by atoms with Gasteiger partial charge < -0.3 is 18.9 Å². The molecule has 1 aromatic carbocycles. The molecule has 1 aliphatic rings. The van der Waals surface area contributed by atoms with Crippen molar-refractivity contribution in [2.75, 3.05) is 34.5 Å². The van der Waals surface area contributed by atoms with Crippen molar-refractivity contribution in [3.63, 3.8) is 0 Å². The number of ether oxygens (including phenoxy) is 4. The molecule has 1 aromatic heterocycles. The average molecular weight is 482 g/mol. The van der Waals surface area contributed by atoms with Gasteiger partial charge in [0.05, 0.1) is 27.4 Å². The van der Waals surface area contributed by atoms with E-state index in [0.717, 1.165) is 17.7 Å². The van der Waals surface area contributed by atoms with Gasteiger partial charge >= 0.3 is 5.97 Å². The van der Waals surface area contributed by atoms with E-state index in [0.29, 0.717) is 12.2 Å². The van der Waals surface area contributed by atoms with Crippen LogP contribution in [0.3, 0.4) is 0 Å². The van der Waals surface area contributed by atoms with E-state index in [-0.39, 0.29) is 35.6 Å². The maximum absolute atomic E-state index is 13.9. The monoisotopic (exact) mass is 481 g/mol. The highest BCUT2D eigenvalue weighted by Gasteiger charge is 2.33. The summed E-state index contributed by atoms with van der Waals surface area (Å²) < 4.78 is 50.3. The predicted octanol–water partition coefficient (Wildman–Crippen LogP) is 3.32. The number of benzene rings is 1. The lowest BCUT2D eigenvalue weighted by molar-refractivity contribution is -0.134. The number of carbonyl (C=O) groups excluding carboxylic acids is 1.